The summed E-state index contributed by atoms with van der Waals surface area (Å²) in [7, 11) is 3.25. The molecule has 0 N–H and O–H groups in total. The fraction of sp³-hybridized carbons (Fsp3) is 0.652. The summed E-state index contributed by atoms with van der Waals surface area (Å²) in [5.74, 6) is 1.47. The highest BCUT2D eigenvalue weighted by molar-refractivity contribution is 5.87. The first-order chi connectivity index (χ1) is 14.2. The molecule has 2 heterocycles. The maximum absolute atomic E-state index is 13.1. The molecule has 2 saturated heterocycles. The summed E-state index contributed by atoms with van der Waals surface area (Å²) in [6.45, 7) is 6.83. The Bertz CT molecular complexity index is 773. The topological polar surface area (TPSA) is 68.3 Å². The molecule has 0 radical (unpaired) electrons. The van der Waals surface area contributed by atoms with Crippen molar-refractivity contribution in [3.8, 4) is 11.5 Å². The van der Waals surface area contributed by atoms with Gasteiger partial charge in [0.25, 0.3) is 0 Å². The van der Waals surface area contributed by atoms with Crippen LogP contribution in [0.3, 0.4) is 0 Å². The van der Waals surface area contributed by atoms with Gasteiger partial charge in [-0.3, -0.25) is 9.69 Å². The van der Waals surface area contributed by atoms with E-state index in [1.165, 1.54) is 0 Å². The van der Waals surface area contributed by atoms with E-state index < -0.39 is 11.6 Å². The maximum atomic E-state index is 13.1. The zero-order valence-corrected chi connectivity index (χ0v) is 18.8. The molecular formula is C23H34N2O5. The number of likely N-dealkylation sites (tertiary alicyclic amines) is 1. The molecule has 2 atom stereocenters. The summed E-state index contributed by atoms with van der Waals surface area (Å²) >= 11 is 0. The third kappa shape index (κ3) is 4.99. The number of rotatable bonds is 6. The van der Waals surface area contributed by atoms with Gasteiger partial charge >= 0.3 is 6.09 Å². The molecular weight excluding hydrogens is 384 g/mol. The third-order valence-electron chi connectivity index (χ3n) is 5.72. The zero-order chi connectivity index (χ0) is 21.9. The van der Waals surface area contributed by atoms with Gasteiger partial charge in [-0.2, -0.15) is 0 Å². The van der Waals surface area contributed by atoms with Crippen LogP contribution in [0.5, 0.6) is 11.5 Å². The van der Waals surface area contributed by atoms with E-state index in [0.29, 0.717) is 31.0 Å². The van der Waals surface area contributed by atoms with Crippen LogP contribution in [0.2, 0.25) is 0 Å². The van der Waals surface area contributed by atoms with Crippen LogP contribution >= 0.6 is 0 Å². The van der Waals surface area contributed by atoms with Gasteiger partial charge in [0.2, 0.25) is 5.91 Å². The van der Waals surface area contributed by atoms with E-state index in [0.717, 1.165) is 31.2 Å². The van der Waals surface area contributed by atoms with Crippen molar-refractivity contribution in [3.05, 3.63) is 23.8 Å². The van der Waals surface area contributed by atoms with Crippen molar-refractivity contribution in [2.24, 2.45) is 0 Å². The fourth-order valence-electron chi connectivity index (χ4n) is 4.36. The lowest BCUT2D eigenvalue weighted by Crippen LogP contribution is -2.65. The van der Waals surface area contributed by atoms with E-state index in [9.17, 15) is 9.59 Å². The normalized spacial score (nSPS) is 21.4. The minimum Gasteiger partial charge on any atom is -0.493 e. The quantitative estimate of drug-likeness (QED) is 0.706. The number of benzene rings is 1. The molecule has 2 unspecified atom stereocenters. The third-order valence-corrected chi connectivity index (χ3v) is 5.72. The Kier molecular flexibility index (Phi) is 6.78. The van der Waals surface area contributed by atoms with E-state index in [4.69, 9.17) is 14.2 Å². The van der Waals surface area contributed by atoms with Crippen LogP contribution in [-0.2, 0) is 16.0 Å². The number of piperidine rings is 1. The number of hydrogen-bond donors (Lipinski definition) is 0. The van der Waals surface area contributed by atoms with Crippen LogP contribution in [0.15, 0.2) is 18.2 Å². The number of aryl methyl sites for hydroxylation is 1. The van der Waals surface area contributed by atoms with Crippen molar-refractivity contribution in [1.29, 1.82) is 0 Å². The number of carbonyl (C=O) groups is 2. The second kappa shape index (κ2) is 9.14. The molecule has 7 nitrogen and oxygen atoms in total. The molecule has 0 saturated carbocycles. The molecule has 0 aromatic heterocycles. The molecule has 1 aromatic rings. The number of carbonyl (C=O) groups excluding carboxylic acids is 2. The standard InChI is InChI=1S/C23H34N2O5/c1-23(2,3)30-22(27)25-17-9-6-10-18(25)21(26)24(15-17)13-7-8-16-11-12-19(28-4)20(14-16)29-5/h11-12,14,17-18H,6-10,13,15H2,1-5H3. The molecule has 2 amide bonds. The van der Waals surface area contributed by atoms with Gasteiger partial charge < -0.3 is 19.1 Å². The SMILES string of the molecule is COc1ccc(CCCN2CC3CCCC(C2=O)N3C(=O)OC(C)(C)C)cc1OC. The van der Waals surface area contributed by atoms with Gasteiger partial charge in [-0.05, 0) is 70.6 Å². The maximum Gasteiger partial charge on any atom is 0.411 e. The molecule has 2 bridgehead atoms. The zero-order valence-electron chi connectivity index (χ0n) is 18.8. The summed E-state index contributed by atoms with van der Waals surface area (Å²) in [6, 6.07) is 5.56. The molecule has 2 fully saturated rings. The number of amides is 2. The lowest BCUT2D eigenvalue weighted by Gasteiger charge is -2.49. The van der Waals surface area contributed by atoms with Gasteiger partial charge in [-0.1, -0.05) is 6.07 Å². The first kappa shape index (κ1) is 22.2. The lowest BCUT2D eigenvalue weighted by molar-refractivity contribution is -0.147. The second-order valence-corrected chi connectivity index (χ2v) is 9.07. The van der Waals surface area contributed by atoms with Crippen molar-refractivity contribution in [3.63, 3.8) is 0 Å². The molecule has 2 aliphatic heterocycles. The number of piperazine rings is 1. The minimum absolute atomic E-state index is 0.0392. The summed E-state index contributed by atoms with van der Waals surface area (Å²) in [5, 5.41) is 0. The van der Waals surface area contributed by atoms with E-state index >= 15 is 0 Å². The summed E-state index contributed by atoms with van der Waals surface area (Å²) in [5.41, 5.74) is 0.582. The average molecular weight is 419 g/mol. The van der Waals surface area contributed by atoms with Crippen LogP contribution in [0, 0.1) is 0 Å². The molecule has 2 aliphatic rings. The van der Waals surface area contributed by atoms with Gasteiger partial charge in [-0.15, -0.1) is 0 Å². The Labute approximate surface area is 179 Å². The Balaban J connectivity index is 1.60. The largest absolute Gasteiger partial charge is 0.493 e. The van der Waals surface area contributed by atoms with Gasteiger partial charge in [0.1, 0.15) is 11.6 Å². The summed E-state index contributed by atoms with van der Waals surface area (Å²) < 4.78 is 16.2. The average Bonchev–Trinajstić information content (AvgIpc) is 2.69. The van der Waals surface area contributed by atoms with E-state index in [1.807, 2.05) is 43.9 Å². The summed E-state index contributed by atoms with van der Waals surface area (Å²) in [6.07, 6.45) is 3.92. The predicted octanol–water partition coefficient (Wildman–Crippen LogP) is 3.64. The number of methoxy groups -OCH3 is 2. The Morgan fingerprint density at radius 1 is 1.13 bits per heavy atom. The van der Waals surface area contributed by atoms with Gasteiger partial charge in [0, 0.05) is 13.1 Å². The Morgan fingerprint density at radius 3 is 2.53 bits per heavy atom. The molecule has 0 spiro atoms. The van der Waals surface area contributed by atoms with Gasteiger partial charge in [-0.25, -0.2) is 4.79 Å². The second-order valence-electron chi connectivity index (χ2n) is 9.07. The molecule has 30 heavy (non-hydrogen) atoms. The van der Waals surface area contributed by atoms with Crippen LogP contribution in [0.4, 0.5) is 4.79 Å². The van der Waals surface area contributed by atoms with Crippen molar-refractivity contribution in [1.82, 2.24) is 9.80 Å². The first-order valence-electron chi connectivity index (χ1n) is 10.7. The number of ether oxygens (including phenoxy) is 3. The molecule has 3 rings (SSSR count). The molecule has 0 aliphatic carbocycles. The number of fused-ring (bicyclic) bond motifs is 2. The highest BCUT2D eigenvalue weighted by atomic mass is 16.6. The van der Waals surface area contributed by atoms with Crippen LogP contribution < -0.4 is 9.47 Å². The van der Waals surface area contributed by atoms with Crippen molar-refractivity contribution < 1.29 is 23.8 Å². The van der Waals surface area contributed by atoms with E-state index in [2.05, 4.69) is 0 Å². The molecule has 166 valence electrons. The Hall–Kier alpha value is -2.44. The van der Waals surface area contributed by atoms with Crippen molar-refractivity contribution in [2.75, 3.05) is 27.3 Å². The van der Waals surface area contributed by atoms with E-state index in [1.54, 1.807) is 19.1 Å². The fourth-order valence-corrected chi connectivity index (χ4v) is 4.36. The monoisotopic (exact) mass is 418 g/mol. The van der Waals surface area contributed by atoms with Gasteiger partial charge in [0.05, 0.1) is 20.3 Å². The van der Waals surface area contributed by atoms with Crippen molar-refractivity contribution in [2.45, 2.75) is 70.6 Å². The Morgan fingerprint density at radius 2 is 1.87 bits per heavy atom. The van der Waals surface area contributed by atoms with Gasteiger partial charge in [0.15, 0.2) is 11.5 Å². The van der Waals surface area contributed by atoms with Crippen LogP contribution in [0.25, 0.3) is 0 Å². The van der Waals surface area contributed by atoms with Crippen LogP contribution in [-0.4, -0.2) is 66.8 Å². The minimum atomic E-state index is -0.565. The predicted molar refractivity (Wildman–Crippen MR) is 114 cm³/mol. The summed E-state index contributed by atoms with van der Waals surface area (Å²) in [4.78, 5) is 29.4. The number of nitrogens with zero attached hydrogens (tertiary/aromatic N) is 2. The highest BCUT2D eigenvalue weighted by Gasteiger charge is 2.46. The van der Waals surface area contributed by atoms with E-state index in [-0.39, 0.29) is 18.0 Å². The van der Waals surface area contributed by atoms with Crippen molar-refractivity contribution >= 4 is 12.0 Å². The van der Waals surface area contributed by atoms with Crippen LogP contribution in [0.1, 0.15) is 52.0 Å². The molecule has 7 heteroatoms. The molecule has 1 aromatic carbocycles. The lowest BCUT2D eigenvalue weighted by atomic mass is 9.91. The smallest absolute Gasteiger partial charge is 0.411 e. The first-order valence-corrected chi connectivity index (χ1v) is 10.7. The highest BCUT2D eigenvalue weighted by Crippen LogP contribution is 2.32. The number of hydrogen-bond acceptors (Lipinski definition) is 5.